The molecule has 1 aromatic carbocycles. The summed E-state index contributed by atoms with van der Waals surface area (Å²) in [6.45, 7) is 3.65. The van der Waals surface area contributed by atoms with Crippen molar-refractivity contribution in [1.29, 1.82) is 5.26 Å². The first-order valence-electron chi connectivity index (χ1n) is 9.60. The summed E-state index contributed by atoms with van der Waals surface area (Å²) in [6, 6.07) is 10.8. The van der Waals surface area contributed by atoms with Crippen LogP contribution in [0.3, 0.4) is 0 Å². The Morgan fingerprint density at radius 3 is 2.59 bits per heavy atom. The molecule has 1 heterocycles. The van der Waals surface area contributed by atoms with Crippen LogP contribution in [0.2, 0.25) is 0 Å². The summed E-state index contributed by atoms with van der Waals surface area (Å²) in [4.78, 5) is 0. The zero-order valence-corrected chi connectivity index (χ0v) is 15.6. The van der Waals surface area contributed by atoms with Gasteiger partial charge in [-0.1, -0.05) is 49.1 Å². The van der Waals surface area contributed by atoms with Gasteiger partial charge in [0.15, 0.2) is 0 Å². The number of hydrogen-bond acceptors (Lipinski definition) is 4. The van der Waals surface area contributed by atoms with E-state index in [1.807, 2.05) is 12.2 Å². The Morgan fingerprint density at radius 1 is 1.26 bits per heavy atom. The van der Waals surface area contributed by atoms with Crippen LogP contribution in [0.25, 0.3) is 0 Å². The lowest BCUT2D eigenvalue weighted by atomic mass is 9.96. The van der Waals surface area contributed by atoms with Crippen molar-refractivity contribution in [3.8, 4) is 6.07 Å². The van der Waals surface area contributed by atoms with Gasteiger partial charge in [-0.25, -0.2) is 0 Å². The molecule has 2 N–H and O–H groups in total. The summed E-state index contributed by atoms with van der Waals surface area (Å²) in [5.41, 5.74) is 3.94. The van der Waals surface area contributed by atoms with Gasteiger partial charge < -0.3 is 14.9 Å². The quantitative estimate of drug-likeness (QED) is 0.572. The highest BCUT2D eigenvalue weighted by Crippen LogP contribution is 2.40. The van der Waals surface area contributed by atoms with Gasteiger partial charge in [0.05, 0.1) is 36.6 Å². The van der Waals surface area contributed by atoms with E-state index in [-0.39, 0.29) is 18.8 Å². The fourth-order valence-electron chi connectivity index (χ4n) is 3.53. The number of allylic oxidation sites excluding steroid dienone is 4. The minimum absolute atomic E-state index is 0.104. The molecule has 1 aliphatic heterocycles. The number of aliphatic hydroxyl groups excluding tert-OH is 2. The number of benzene rings is 1. The lowest BCUT2D eigenvalue weighted by Crippen LogP contribution is -2.36. The first-order chi connectivity index (χ1) is 13.1. The van der Waals surface area contributed by atoms with Crippen molar-refractivity contribution in [2.75, 3.05) is 6.61 Å². The van der Waals surface area contributed by atoms with Crippen LogP contribution >= 0.6 is 0 Å². The van der Waals surface area contributed by atoms with Crippen LogP contribution in [-0.2, 0) is 11.2 Å². The molecule has 27 heavy (non-hydrogen) atoms. The summed E-state index contributed by atoms with van der Waals surface area (Å²) in [5.74, 6) is 0.728. The minimum atomic E-state index is -0.484. The van der Waals surface area contributed by atoms with Crippen LogP contribution in [0.5, 0.6) is 0 Å². The van der Waals surface area contributed by atoms with Crippen molar-refractivity contribution in [2.45, 2.75) is 56.3 Å². The van der Waals surface area contributed by atoms with Gasteiger partial charge in [0.2, 0.25) is 0 Å². The number of nitriles is 1. The molecule has 3 rings (SSSR count). The van der Waals surface area contributed by atoms with Gasteiger partial charge in [-0.15, -0.1) is 0 Å². The molecule has 2 aliphatic rings. The second kappa shape index (κ2) is 9.14. The lowest BCUT2D eigenvalue weighted by molar-refractivity contribution is -0.0935. The largest absolute Gasteiger partial charge is 0.394 e. The Hall–Kier alpha value is -2.19. The zero-order chi connectivity index (χ0) is 19.2. The highest BCUT2D eigenvalue weighted by atomic mass is 16.5. The molecule has 0 spiro atoms. The molecule has 0 amide bonds. The Labute approximate surface area is 161 Å². The topological polar surface area (TPSA) is 73.5 Å². The highest BCUT2D eigenvalue weighted by Gasteiger charge is 2.26. The molecule has 0 aromatic heterocycles. The van der Waals surface area contributed by atoms with Gasteiger partial charge in [0.25, 0.3) is 0 Å². The SMILES string of the molecule is C=C/C(C#N)=C(\C=C\C1CC(O)CC(CO)O1)Cc1ccc(C2CC2)cc1. The molecule has 0 bridgehead atoms. The van der Waals surface area contributed by atoms with Gasteiger partial charge >= 0.3 is 0 Å². The van der Waals surface area contributed by atoms with Crippen LogP contribution < -0.4 is 0 Å². The Morgan fingerprint density at radius 2 is 2.00 bits per heavy atom. The molecular formula is C23H27NO3. The fraction of sp³-hybridized carbons (Fsp3) is 0.435. The molecule has 142 valence electrons. The van der Waals surface area contributed by atoms with Crippen LogP contribution in [0, 0.1) is 11.3 Å². The smallest absolute Gasteiger partial charge is 0.0994 e. The Bertz CT molecular complexity index is 753. The van der Waals surface area contributed by atoms with Crippen LogP contribution in [-0.4, -0.2) is 35.1 Å². The lowest BCUT2D eigenvalue weighted by Gasteiger charge is -2.30. The van der Waals surface area contributed by atoms with Crippen LogP contribution in [0.15, 0.2) is 60.2 Å². The first-order valence-corrected chi connectivity index (χ1v) is 9.60. The third-order valence-corrected chi connectivity index (χ3v) is 5.22. The summed E-state index contributed by atoms with van der Waals surface area (Å²) in [5, 5.41) is 28.7. The molecule has 3 atom stereocenters. The van der Waals surface area contributed by atoms with E-state index in [1.54, 1.807) is 6.08 Å². The molecule has 1 aromatic rings. The van der Waals surface area contributed by atoms with E-state index in [0.29, 0.717) is 24.8 Å². The van der Waals surface area contributed by atoms with E-state index < -0.39 is 6.10 Å². The second-order valence-corrected chi connectivity index (χ2v) is 7.41. The maximum Gasteiger partial charge on any atom is 0.0994 e. The Kier molecular flexibility index (Phi) is 6.63. The third kappa shape index (κ3) is 5.40. The van der Waals surface area contributed by atoms with E-state index >= 15 is 0 Å². The summed E-state index contributed by atoms with van der Waals surface area (Å²) < 4.78 is 5.77. The number of ether oxygens (including phenoxy) is 1. The number of nitrogens with zero attached hydrogens (tertiary/aromatic N) is 1. The van der Waals surface area contributed by atoms with Gasteiger partial charge in [0, 0.05) is 12.8 Å². The van der Waals surface area contributed by atoms with Crippen molar-refractivity contribution in [3.05, 3.63) is 71.3 Å². The monoisotopic (exact) mass is 365 g/mol. The number of rotatable bonds is 7. The maximum atomic E-state index is 9.95. The minimum Gasteiger partial charge on any atom is -0.394 e. The van der Waals surface area contributed by atoms with Crippen molar-refractivity contribution in [2.24, 2.45) is 0 Å². The molecule has 1 saturated heterocycles. The second-order valence-electron chi connectivity index (χ2n) is 7.41. The standard InChI is InChI=1S/C23H27NO3/c1-2-17(14-24)20(9-10-22-12-21(26)13-23(15-25)27-22)11-16-3-5-18(6-4-16)19-7-8-19/h2-6,9-10,19,21-23,25-26H,1,7-8,11-13,15H2/b10-9+,20-17-. The predicted octanol–water partition coefficient (Wildman–Crippen LogP) is 3.57. The molecule has 2 fully saturated rings. The van der Waals surface area contributed by atoms with Gasteiger partial charge in [-0.05, 0) is 41.9 Å². The average molecular weight is 365 g/mol. The number of aliphatic hydroxyl groups is 2. The van der Waals surface area contributed by atoms with Crippen LogP contribution in [0.4, 0.5) is 0 Å². The summed E-state index contributed by atoms with van der Waals surface area (Å²) in [6.07, 6.45) is 8.38. The predicted molar refractivity (Wildman–Crippen MR) is 105 cm³/mol. The third-order valence-electron chi connectivity index (χ3n) is 5.22. The zero-order valence-electron chi connectivity index (χ0n) is 15.6. The van der Waals surface area contributed by atoms with Crippen molar-refractivity contribution in [1.82, 2.24) is 0 Å². The van der Waals surface area contributed by atoms with Gasteiger partial charge in [-0.3, -0.25) is 0 Å². The molecule has 4 heteroatoms. The van der Waals surface area contributed by atoms with E-state index in [2.05, 4.69) is 36.9 Å². The summed E-state index contributed by atoms with van der Waals surface area (Å²) in [7, 11) is 0. The average Bonchev–Trinajstić information content (AvgIpc) is 3.52. The molecule has 1 aliphatic carbocycles. The van der Waals surface area contributed by atoms with E-state index in [4.69, 9.17) is 4.74 Å². The van der Waals surface area contributed by atoms with Gasteiger partial charge in [0.1, 0.15) is 0 Å². The highest BCUT2D eigenvalue weighted by molar-refractivity contribution is 5.45. The Balaban J connectivity index is 1.74. The maximum absolute atomic E-state index is 9.95. The molecule has 3 unspecified atom stereocenters. The van der Waals surface area contributed by atoms with Crippen molar-refractivity contribution in [3.63, 3.8) is 0 Å². The van der Waals surface area contributed by atoms with E-state index in [0.717, 1.165) is 17.1 Å². The fourth-order valence-corrected chi connectivity index (χ4v) is 3.53. The summed E-state index contributed by atoms with van der Waals surface area (Å²) >= 11 is 0. The molecule has 0 radical (unpaired) electrons. The molecular weight excluding hydrogens is 338 g/mol. The van der Waals surface area contributed by atoms with E-state index in [9.17, 15) is 15.5 Å². The van der Waals surface area contributed by atoms with Crippen molar-refractivity contribution >= 4 is 0 Å². The normalized spacial score (nSPS) is 26.5. The number of hydrogen-bond donors (Lipinski definition) is 2. The molecule has 1 saturated carbocycles. The van der Waals surface area contributed by atoms with Gasteiger partial charge in [-0.2, -0.15) is 5.26 Å². The first kappa shape index (κ1) is 19.6. The van der Waals surface area contributed by atoms with E-state index in [1.165, 1.54) is 18.4 Å². The molecule has 4 nitrogen and oxygen atoms in total. The van der Waals surface area contributed by atoms with Crippen LogP contribution in [0.1, 0.15) is 42.7 Å². The van der Waals surface area contributed by atoms with Crippen molar-refractivity contribution < 1.29 is 14.9 Å².